The number of alkyl halides is 3. The van der Waals surface area contributed by atoms with Crippen molar-refractivity contribution in [3.8, 4) is 11.1 Å². The summed E-state index contributed by atoms with van der Waals surface area (Å²) in [5, 5.41) is 0. The highest BCUT2D eigenvalue weighted by Crippen LogP contribution is 2.34. The first-order chi connectivity index (χ1) is 13.3. The lowest BCUT2D eigenvalue weighted by atomic mass is 9.95. The van der Waals surface area contributed by atoms with E-state index in [1.807, 2.05) is 13.0 Å². The normalized spacial score (nSPS) is 11.8. The lowest BCUT2D eigenvalue weighted by molar-refractivity contribution is -0.137. The zero-order valence-corrected chi connectivity index (χ0v) is 14.9. The third kappa shape index (κ3) is 4.19. The van der Waals surface area contributed by atoms with Crippen LogP contribution in [0.1, 0.15) is 32.6 Å². The molecule has 0 bridgehead atoms. The maximum atomic E-state index is 13.3. The maximum Gasteiger partial charge on any atom is 0.416 e. The topological polar surface area (TPSA) is 17.1 Å². The number of benzene rings is 3. The quantitative estimate of drug-likeness (QED) is 0.275. The molecule has 0 saturated carbocycles. The molecule has 0 unspecified atom stereocenters. The largest absolute Gasteiger partial charge is 0.416 e. The summed E-state index contributed by atoms with van der Waals surface area (Å²) in [7, 11) is 0. The van der Waals surface area contributed by atoms with Gasteiger partial charge in [0.1, 0.15) is 12.1 Å². The van der Waals surface area contributed by atoms with Crippen LogP contribution in [0.2, 0.25) is 0 Å². The number of carbonyl (C=O) groups is 1. The van der Waals surface area contributed by atoms with Gasteiger partial charge in [0.15, 0.2) is 0 Å². The minimum atomic E-state index is -4.52. The molecular formula is C23H16F4O. The smallest absolute Gasteiger partial charge is 0.298 e. The van der Waals surface area contributed by atoms with Crippen molar-refractivity contribution in [2.75, 3.05) is 0 Å². The molecule has 1 nitrogen and oxygen atoms in total. The molecular weight excluding hydrogens is 368 g/mol. The highest BCUT2D eigenvalue weighted by atomic mass is 19.4. The van der Waals surface area contributed by atoms with Crippen molar-refractivity contribution in [2.45, 2.75) is 13.1 Å². The molecule has 3 aromatic carbocycles. The Labute approximate surface area is 160 Å². The fraction of sp³-hybridized carbons (Fsp3) is 0.0870. The second-order valence-electron chi connectivity index (χ2n) is 6.32. The Morgan fingerprint density at radius 2 is 1.54 bits per heavy atom. The molecule has 3 rings (SSSR count). The first-order valence-corrected chi connectivity index (χ1v) is 8.49. The maximum absolute atomic E-state index is 13.3. The van der Waals surface area contributed by atoms with Crippen molar-refractivity contribution < 1.29 is 22.4 Å². The van der Waals surface area contributed by atoms with Crippen molar-refractivity contribution in [3.05, 3.63) is 94.3 Å². The van der Waals surface area contributed by atoms with Gasteiger partial charge in [0, 0.05) is 5.56 Å². The van der Waals surface area contributed by atoms with Crippen LogP contribution in [0.5, 0.6) is 0 Å². The van der Waals surface area contributed by atoms with Crippen LogP contribution in [0.15, 0.2) is 60.7 Å². The molecule has 0 atom stereocenters. The van der Waals surface area contributed by atoms with Crippen LogP contribution in [0.3, 0.4) is 0 Å². The predicted molar refractivity (Wildman–Crippen MR) is 102 cm³/mol. The van der Waals surface area contributed by atoms with Crippen LogP contribution in [0.25, 0.3) is 23.3 Å². The van der Waals surface area contributed by atoms with E-state index in [0.717, 1.165) is 34.4 Å². The fourth-order valence-electron chi connectivity index (χ4n) is 3.01. The summed E-state index contributed by atoms with van der Waals surface area (Å²) in [6.07, 6.45) is -1.07. The van der Waals surface area contributed by atoms with E-state index in [4.69, 9.17) is 0 Å². The van der Waals surface area contributed by atoms with Gasteiger partial charge in [0.2, 0.25) is 0 Å². The van der Waals surface area contributed by atoms with Crippen molar-refractivity contribution in [2.24, 2.45) is 0 Å². The molecule has 28 heavy (non-hydrogen) atoms. The van der Waals surface area contributed by atoms with E-state index in [0.29, 0.717) is 6.29 Å². The first kappa shape index (κ1) is 19.5. The Kier molecular flexibility index (Phi) is 5.45. The number of carbonyl (C=O) groups excluding carboxylic acids is 1. The third-order valence-electron chi connectivity index (χ3n) is 4.49. The summed E-state index contributed by atoms with van der Waals surface area (Å²) in [5.41, 5.74) is 2.54. The summed E-state index contributed by atoms with van der Waals surface area (Å²) in [6, 6.07) is 14.7. The summed E-state index contributed by atoms with van der Waals surface area (Å²) in [5.74, 6) is -0.341. The Balaban J connectivity index is 2.03. The Bertz CT molecular complexity index is 1030. The highest BCUT2D eigenvalue weighted by Gasteiger charge is 2.32. The third-order valence-corrected chi connectivity index (χ3v) is 4.49. The molecule has 0 amide bonds. The molecule has 0 radical (unpaired) electrons. The summed E-state index contributed by atoms with van der Waals surface area (Å²) < 4.78 is 52.9. The lowest BCUT2D eigenvalue weighted by Crippen LogP contribution is -2.07. The molecule has 0 aromatic heterocycles. The van der Waals surface area contributed by atoms with Gasteiger partial charge >= 0.3 is 6.18 Å². The van der Waals surface area contributed by atoms with Gasteiger partial charge in [-0.25, -0.2) is 4.39 Å². The van der Waals surface area contributed by atoms with E-state index in [9.17, 15) is 22.4 Å². The summed E-state index contributed by atoms with van der Waals surface area (Å²) >= 11 is 0. The molecule has 3 aromatic rings. The molecule has 0 heterocycles. The SMILES string of the molecule is Cc1c(/C=C/c2cc(C=O)ccc2C(F)(F)F)cccc1-c1ccc(F)cc1. The number of hydrogen-bond donors (Lipinski definition) is 0. The Hall–Kier alpha value is -3.21. The number of halogens is 4. The van der Waals surface area contributed by atoms with E-state index in [1.165, 1.54) is 24.3 Å². The van der Waals surface area contributed by atoms with E-state index >= 15 is 0 Å². The lowest BCUT2D eigenvalue weighted by Gasteiger charge is -2.12. The van der Waals surface area contributed by atoms with Crippen LogP contribution in [0.4, 0.5) is 17.6 Å². The van der Waals surface area contributed by atoms with Crippen molar-refractivity contribution >= 4 is 18.4 Å². The Morgan fingerprint density at radius 3 is 2.18 bits per heavy atom. The second kappa shape index (κ2) is 7.80. The Morgan fingerprint density at radius 1 is 0.857 bits per heavy atom. The molecule has 0 saturated heterocycles. The van der Waals surface area contributed by atoms with Gasteiger partial charge in [-0.2, -0.15) is 13.2 Å². The van der Waals surface area contributed by atoms with Gasteiger partial charge in [0.05, 0.1) is 5.56 Å². The van der Waals surface area contributed by atoms with Crippen molar-refractivity contribution in [1.29, 1.82) is 0 Å². The van der Waals surface area contributed by atoms with Crippen LogP contribution >= 0.6 is 0 Å². The van der Waals surface area contributed by atoms with Crippen LogP contribution < -0.4 is 0 Å². The summed E-state index contributed by atoms with van der Waals surface area (Å²) in [4.78, 5) is 10.9. The molecule has 0 aliphatic heterocycles. The zero-order chi connectivity index (χ0) is 20.3. The number of aldehydes is 1. The molecule has 0 aliphatic carbocycles. The zero-order valence-electron chi connectivity index (χ0n) is 14.9. The molecule has 0 fully saturated rings. The van der Waals surface area contributed by atoms with E-state index < -0.39 is 11.7 Å². The van der Waals surface area contributed by atoms with Crippen molar-refractivity contribution in [1.82, 2.24) is 0 Å². The van der Waals surface area contributed by atoms with Crippen molar-refractivity contribution in [3.63, 3.8) is 0 Å². The van der Waals surface area contributed by atoms with Crippen LogP contribution in [-0.2, 0) is 6.18 Å². The van der Waals surface area contributed by atoms with E-state index in [-0.39, 0.29) is 16.9 Å². The van der Waals surface area contributed by atoms with Crippen LogP contribution in [0, 0.1) is 12.7 Å². The monoisotopic (exact) mass is 384 g/mol. The van der Waals surface area contributed by atoms with E-state index in [1.54, 1.807) is 30.3 Å². The highest BCUT2D eigenvalue weighted by molar-refractivity contribution is 5.81. The first-order valence-electron chi connectivity index (χ1n) is 8.49. The molecule has 142 valence electrons. The minimum absolute atomic E-state index is 0.0799. The van der Waals surface area contributed by atoms with Gasteiger partial charge in [-0.05, 0) is 59.0 Å². The second-order valence-corrected chi connectivity index (χ2v) is 6.32. The summed E-state index contributed by atoms with van der Waals surface area (Å²) in [6.45, 7) is 1.85. The van der Waals surface area contributed by atoms with Gasteiger partial charge in [-0.1, -0.05) is 48.6 Å². The fourth-order valence-corrected chi connectivity index (χ4v) is 3.01. The van der Waals surface area contributed by atoms with Gasteiger partial charge in [-0.3, -0.25) is 4.79 Å². The van der Waals surface area contributed by atoms with Crippen LogP contribution in [-0.4, -0.2) is 6.29 Å². The average Bonchev–Trinajstić information content (AvgIpc) is 2.67. The molecule has 0 N–H and O–H groups in total. The number of rotatable bonds is 4. The van der Waals surface area contributed by atoms with E-state index in [2.05, 4.69) is 0 Å². The van der Waals surface area contributed by atoms with Gasteiger partial charge < -0.3 is 0 Å². The number of hydrogen-bond acceptors (Lipinski definition) is 1. The van der Waals surface area contributed by atoms with Gasteiger partial charge in [-0.15, -0.1) is 0 Å². The molecule has 5 heteroatoms. The average molecular weight is 384 g/mol. The standard InChI is InChI=1S/C23H16F4O/c1-15-17(3-2-4-21(15)18-8-10-20(24)11-9-18)6-7-19-13-16(14-28)5-12-22(19)23(25,26)27/h2-14H,1H3/b7-6+. The molecule has 0 spiro atoms. The van der Waals surface area contributed by atoms with Gasteiger partial charge in [0.25, 0.3) is 0 Å². The predicted octanol–water partition coefficient (Wildman–Crippen LogP) is 6.80. The molecule has 0 aliphatic rings. The minimum Gasteiger partial charge on any atom is -0.298 e.